The van der Waals surface area contributed by atoms with E-state index in [2.05, 4.69) is 14.6 Å². The molecule has 1 aromatic heterocycles. The second-order valence-corrected chi connectivity index (χ2v) is 11.0. The number of nitrogens with zero attached hydrogens (tertiary/aromatic N) is 3. The van der Waals surface area contributed by atoms with Gasteiger partial charge in [0.2, 0.25) is 0 Å². The Morgan fingerprint density at radius 3 is 2.38 bits per heavy atom. The highest BCUT2D eigenvalue weighted by Gasteiger charge is 2.23. The first kappa shape index (κ1) is 26.3. The average Bonchev–Trinajstić information content (AvgIpc) is 2.93. The number of esters is 1. The largest absolute Gasteiger partial charge is 0.427 e. The zero-order valence-electron chi connectivity index (χ0n) is 21.4. The van der Waals surface area contributed by atoms with E-state index >= 15 is 0 Å². The molecular formula is C29H28N4O5S. The molecule has 5 rings (SSSR count). The number of nitrogens with one attached hydrogen (secondary N) is 1. The van der Waals surface area contributed by atoms with Gasteiger partial charge < -0.3 is 9.64 Å². The monoisotopic (exact) mass is 544 g/mol. The van der Waals surface area contributed by atoms with Gasteiger partial charge in [-0.3, -0.25) is 24.2 Å². The van der Waals surface area contributed by atoms with Crippen LogP contribution in [0.5, 0.6) is 5.75 Å². The van der Waals surface area contributed by atoms with Crippen LogP contribution in [0.1, 0.15) is 22.8 Å². The highest BCUT2D eigenvalue weighted by molar-refractivity contribution is 7.93. The van der Waals surface area contributed by atoms with E-state index in [0.717, 1.165) is 10.9 Å². The molecule has 9 nitrogen and oxygen atoms in total. The summed E-state index contributed by atoms with van der Waals surface area (Å²) in [6.45, 7) is 4.63. The Kier molecular flexibility index (Phi) is 7.58. The van der Waals surface area contributed by atoms with Crippen LogP contribution in [0.25, 0.3) is 10.9 Å². The summed E-state index contributed by atoms with van der Waals surface area (Å²) in [5.74, 6) is 0.0688. The maximum Gasteiger partial charge on any atom is 0.308 e. The van der Waals surface area contributed by atoms with Crippen LogP contribution < -0.4 is 9.46 Å². The number of sulfonamides is 1. The number of rotatable bonds is 7. The molecule has 2 heterocycles. The second-order valence-electron chi connectivity index (χ2n) is 9.32. The van der Waals surface area contributed by atoms with Crippen LogP contribution in [-0.2, 0) is 21.4 Å². The summed E-state index contributed by atoms with van der Waals surface area (Å²) < 4.78 is 33.9. The SMILES string of the molecule is CC(=O)Oc1cccc(CN2CCN(C(=O)c3ccc(NS(=O)(=O)c4cccc5cccnc45)cc3)CC2)c1. The number of piperazine rings is 1. The predicted molar refractivity (Wildman–Crippen MR) is 148 cm³/mol. The fourth-order valence-electron chi connectivity index (χ4n) is 4.61. The third-order valence-corrected chi connectivity index (χ3v) is 7.91. The van der Waals surface area contributed by atoms with Gasteiger partial charge in [-0.2, -0.15) is 0 Å². The number of carbonyl (C=O) groups is 2. The van der Waals surface area contributed by atoms with Crippen molar-refractivity contribution >= 4 is 38.5 Å². The van der Waals surface area contributed by atoms with Gasteiger partial charge >= 0.3 is 5.97 Å². The topological polar surface area (TPSA) is 109 Å². The first-order chi connectivity index (χ1) is 18.8. The zero-order chi connectivity index (χ0) is 27.4. The zero-order valence-corrected chi connectivity index (χ0v) is 22.2. The van der Waals surface area contributed by atoms with Crippen LogP contribution in [0.3, 0.4) is 0 Å². The molecule has 1 N–H and O–H groups in total. The number of hydrogen-bond donors (Lipinski definition) is 1. The van der Waals surface area contributed by atoms with Crippen LogP contribution in [-0.4, -0.2) is 61.3 Å². The van der Waals surface area contributed by atoms with Crippen molar-refractivity contribution in [2.75, 3.05) is 30.9 Å². The van der Waals surface area contributed by atoms with Gasteiger partial charge in [0.05, 0.1) is 5.52 Å². The number of carbonyl (C=O) groups excluding carboxylic acids is 2. The van der Waals surface area contributed by atoms with Crippen molar-refractivity contribution in [3.63, 3.8) is 0 Å². The van der Waals surface area contributed by atoms with Crippen molar-refractivity contribution in [2.45, 2.75) is 18.4 Å². The molecule has 10 heteroatoms. The minimum atomic E-state index is -3.87. The molecule has 39 heavy (non-hydrogen) atoms. The van der Waals surface area contributed by atoms with E-state index in [0.29, 0.717) is 55.2 Å². The summed E-state index contributed by atoms with van der Waals surface area (Å²) in [6.07, 6.45) is 1.56. The van der Waals surface area contributed by atoms with Gasteiger partial charge in [-0.1, -0.05) is 30.3 Å². The summed E-state index contributed by atoms with van der Waals surface area (Å²) in [7, 11) is -3.87. The van der Waals surface area contributed by atoms with Crippen molar-refractivity contribution < 1.29 is 22.7 Å². The molecule has 1 aliphatic rings. The lowest BCUT2D eigenvalue weighted by Gasteiger charge is -2.34. The molecule has 200 valence electrons. The van der Waals surface area contributed by atoms with Gasteiger partial charge in [-0.05, 0) is 54.1 Å². The Balaban J connectivity index is 1.18. The predicted octanol–water partition coefficient (Wildman–Crippen LogP) is 3.92. The molecule has 1 fully saturated rings. The van der Waals surface area contributed by atoms with Crippen molar-refractivity contribution in [1.82, 2.24) is 14.8 Å². The first-order valence-electron chi connectivity index (χ1n) is 12.5. The Hall–Kier alpha value is -4.28. The summed E-state index contributed by atoms with van der Waals surface area (Å²) in [6, 6.07) is 22.5. The van der Waals surface area contributed by atoms with Gasteiger partial charge in [0.1, 0.15) is 10.6 Å². The Morgan fingerprint density at radius 1 is 0.923 bits per heavy atom. The number of ether oxygens (including phenoxy) is 1. The molecule has 0 unspecified atom stereocenters. The van der Waals surface area contributed by atoms with Crippen molar-refractivity contribution in [3.05, 3.63) is 96.2 Å². The third kappa shape index (κ3) is 6.24. The van der Waals surface area contributed by atoms with Crippen molar-refractivity contribution in [1.29, 1.82) is 0 Å². The molecule has 1 aliphatic heterocycles. The minimum Gasteiger partial charge on any atom is -0.427 e. The molecular weight excluding hydrogens is 516 g/mol. The number of para-hydroxylation sites is 1. The van der Waals surface area contributed by atoms with Gasteiger partial charge in [0, 0.05) is 62.5 Å². The lowest BCUT2D eigenvalue weighted by molar-refractivity contribution is -0.131. The van der Waals surface area contributed by atoms with E-state index in [1.165, 1.54) is 13.0 Å². The Labute approximate surface area is 227 Å². The number of amides is 1. The number of pyridine rings is 1. The number of anilines is 1. The van der Waals surface area contributed by atoms with Gasteiger partial charge in [0.15, 0.2) is 0 Å². The number of hydrogen-bond acceptors (Lipinski definition) is 7. The average molecular weight is 545 g/mol. The number of aromatic nitrogens is 1. The maximum atomic E-state index is 13.1. The van der Waals surface area contributed by atoms with Crippen LogP contribution >= 0.6 is 0 Å². The number of fused-ring (bicyclic) bond motifs is 1. The summed E-state index contributed by atoms with van der Waals surface area (Å²) in [4.78, 5) is 32.7. The highest BCUT2D eigenvalue weighted by atomic mass is 32.2. The van der Waals surface area contributed by atoms with E-state index in [4.69, 9.17) is 4.74 Å². The molecule has 4 aromatic rings. The van der Waals surface area contributed by atoms with Crippen LogP contribution in [0.15, 0.2) is 90.0 Å². The molecule has 0 spiro atoms. The lowest BCUT2D eigenvalue weighted by atomic mass is 10.1. The molecule has 0 atom stereocenters. The summed E-state index contributed by atoms with van der Waals surface area (Å²) in [5, 5.41) is 0.733. The summed E-state index contributed by atoms with van der Waals surface area (Å²) >= 11 is 0. The standard InChI is InChI=1S/C29H28N4O5S/c1-21(34)38-26-8-2-5-22(19-26)20-32-15-17-33(18-16-32)29(35)24-10-12-25(13-11-24)31-39(36,37)27-9-3-6-23-7-4-14-30-28(23)27/h2-14,19,31H,15-18,20H2,1H3. The third-order valence-electron chi connectivity index (χ3n) is 6.49. The van der Waals surface area contributed by atoms with E-state index in [9.17, 15) is 18.0 Å². The maximum absolute atomic E-state index is 13.1. The molecule has 0 bridgehead atoms. The van der Waals surface area contributed by atoms with Gasteiger partial charge in [-0.15, -0.1) is 0 Å². The smallest absolute Gasteiger partial charge is 0.308 e. The van der Waals surface area contributed by atoms with Crippen molar-refractivity contribution in [3.8, 4) is 5.75 Å². The fraction of sp³-hybridized carbons (Fsp3) is 0.207. The van der Waals surface area contributed by atoms with E-state index in [-0.39, 0.29) is 16.8 Å². The molecule has 0 aliphatic carbocycles. The quantitative estimate of drug-likeness (QED) is 0.278. The molecule has 0 saturated carbocycles. The highest BCUT2D eigenvalue weighted by Crippen LogP contribution is 2.24. The second kappa shape index (κ2) is 11.2. The lowest BCUT2D eigenvalue weighted by Crippen LogP contribution is -2.48. The van der Waals surface area contributed by atoms with E-state index in [1.54, 1.807) is 53.6 Å². The van der Waals surface area contributed by atoms with E-state index in [1.807, 2.05) is 30.3 Å². The fourth-order valence-corrected chi connectivity index (χ4v) is 5.85. The molecule has 1 saturated heterocycles. The number of benzene rings is 3. The Bertz CT molecular complexity index is 1610. The van der Waals surface area contributed by atoms with Crippen LogP contribution in [0.4, 0.5) is 5.69 Å². The first-order valence-corrected chi connectivity index (χ1v) is 14.0. The van der Waals surface area contributed by atoms with Gasteiger partial charge in [0.25, 0.3) is 15.9 Å². The molecule has 3 aromatic carbocycles. The minimum absolute atomic E-state index is 0.0942. The Morgan fingerprint density at radius 2 is 1.64 bits per heavy atom. The van der Waals surface area contributed by atoms with E-state index < -0.39 is 10.0 Å². The van der Waals surface area contributed by atoms with Crippen LogP contribution in [0.2, 0.25) is 0 Å². The van der Waals surface area contributed by atoms with Gasteiger partial charge in [-0.25, -0.2) is 8.42 Å². The summed E-state index contributed by atoms with van der Waals surface area (Å²) in [5.41, 5.74) is 2.29. The van der Waals surface area contributed by atoms with Crippen molar-refractivity contribution in [2.24, 2.45) is 0 Å². The molecule has 1 amide bonds. The normalized spacial score (nSPS) is 14.2. The van der Waals surface area contributed by atoms with Crippen LogP contribution in [0, 0.1) is 0 Å². The molecule has 0 radical (unpaired) electrons.